The summed E-state index contributed by atoms with van der Waals surface area (Å²) in [6.07, 6.45) is 0.913. The van der Waals surface area contributed by atoms with Gasteiger partial charge in [0, 0.05) is 13.7 Å². The molecule has 1 aromatic heterocycles. The molecule has 1 rings (SSSR count). The molecular formula is C12H22N4O3. The van der Waals surface area contributed by atoms with Crippen molar-refractivity contribution in [1.82, 2.24) is 9.55 Å². The van der Waals surface area contributed by atoms with Gasteiger partial charge in [0.15, 0.2) is 0 Å². The highest BCUT2D eigenvalue weighted by Crippen LogP contribution is 2.10. The van der Waals surface area contributed by atoms with Crippen LogP contribution in [0.2, 0.25) is 0 Å². The van der Waals surface area contributed by atoms with Crippen LogP contribution in [-0.2, 0) is 11.3 Å². The summed E-state index contributed by atoms with van der Waals surface area (Å²) < 4.78 is 6.21. The third-order valence-electron chi connectivity index (χ3n) is 2.78. The first kappa shape index (κ1) is 15.3. The number of nitrogens with one attached hydrogen (secondary N) is 2. The van der Waals surface area contributed by atoms with Crippen molar-refractivity contribution in [1.29, 1.82) is 0 Å². The maximum atomic E-state index is 11.7. The van der Waals surface area contributed by atoms with Gasteiger partial charge in [-0.1, -0.05) is 13.8 Å². The van der Waals surface area contributed by atoms with Crippen LogP contribution < -0.4 is 22.3 Å². The van der Waals surface area contributed by atoms with Crippen LogP contribution in [0.5, 0.6) is 0 Å². The van der Waals surface area contributed by atoms with Crippen molar-refractivity contribution in [2.24, 2.45) is 5.92 Å². The summed E-state index contributed by atoms with van der Waals surface area (Å²) in [6, 6.07) is 0. The van der Waals surface area contributed by atoms with Crippen LogP contribution >= 0.6 is 0 Å². The molecule has 0 fully saturated rings. The molecule has 0 saturated carbocycles. The minimum Gasteiger partial charge on any atom is -0.383 e. The predicted molar refractivity (Wildman–Crippen MR) is 75.6 cm³/mol. The molecule has 1 aromatic rings. The molecule has 0 saturated heterocycles. The Morgan fingerprint density at radius 1 is 1.42 bits per heavy atom. The van der Waals surface area contributed by atoms with Gasteiger partial charge in [-0.3, -0.25) is 14.3 Å². The summed E-state index contributed by atoms with van der Waals surface area (Å²) in [7, 11) is 1.54. The normalized spacial score (nSPS) is 10.9. The molecule has 0 aromatic carbocycles. The molecule has 7 nitrogen and oxygen atoms in total. The Kier molecular flexibility index (Phi) is 5.62. The minimum atomic E-state index is -0.519. The number of nitrogens with zero attached hydrogens (tertiary/aromatic N) is 1. The van der Waals surface area contributed by atoms with Crippen LogP contribution in [0, 0.1) is 5.92 Å². The van der Waals surface area contributed by atoms with E-state index in [-0.39, 0.29) is 11.5 Å². The molecular weight excluding hydrogens is 248 g/mol. The lowest BCUT2D eigenvalue weighted by molar-refractivity contribution is 0.186. The van der Waals surface area contributed by atoms with Crippen LogP contribution in [0.15, 0.2) is 9.59 Å². The third kappa shape index (κ3) is 4.13. The number of hydrogen-bond donors (Lipinski definition) is 3. The third-order valence-corrected chi connectivity index (χ3v) is 2.78. The molecule has 108 valence electrons. The molecule has 0 aliphatic rings. The van der Waals surface area contributed by atoms with Crippen LogP contribution in [-0.4, -0.2) is 29.8 Å². The number of nitrogens with two attached hydrogens (primary N) is 1. The predicted octanol–water partition coefficient (Wildman–Crippen LogP) is 0.223. The van der Waals surface area contributed by atoms with Crippen molar-refractivity contribution < 1.29 is 4.74 Å². The SMILES string of the molecule is COCCn1c(N)c(NCCC(C)C)c(=O)[nH]c1=O. The van der Waals surface area contributed by atoms with Crippen LogP contribution in [0.1, 0.15) is 20.3 Å². The molecule has 0 radical (unpaired) electrons. The average molecular weight is 270 g/mol. The molecule has 19 heavy (non-hydrogen) atoms. The van der Waals surface area contributed by atoms with E-state index in [9.17, 15) is 9.59 Å². The fourth-order valence-corrected chi connectivity index (χ4v) is 1.65. The van der Waals surface area contributed by atoms with E-state index >= 15 is 0 Å². The highest BCUT2D eigenvalue weighted by atomic mass is 16.5. The lowest BCUT2D eigenvalue weighted by Gasteiger charge is -2.14. The van der Waals surface area contributed by atoms with E-state index in [2.05, 4.69) is 24.1 Å². The topological polar surface area (TPSA) is 102 Å². The van der Waals surface area contributed by atoms with E-state index < -0.39 is 11.2 Å². The first-order valence-electron chi connectivity index (χ1n) is 6.32. The maximum absolute atomic E-state index is 11.7. The summed E-state index contributed by atoms with van der Waals surface area (Å²) >= 11 is 0. The van der Waals surface area contributed by atoms with Gasteiger partial charge in [-0.25, -0.2) is 4.79 Å². The van der Waals surface area contributed by atoms with Gasteiger partial charge in [0.1, 0.15) is 11.5 Å². The van der Waals surface area contributed by atoms with Gasteiger partial charge < -0.3 is 15.8 Å². The molecule has 0 amide bonds. The van der Waals surface area contributed by atoms with E-state index in [1.54, 1.807) is 0 Å². The molecule has 7 heteroatoms. The fraction of sp³-hybridized carbons (Fsp3) is 0.667. The number of hydrogen-bond acceptors (Lipinski definition) is 5. The van der Waals surface area contributed by atoms with Crippen molar-refractivity contribution in [3.63, 3.8) is 0 Å². The molecule has 0 aliphatic carbocycles. The summed E-state index contributed by atoms with van der Waals surface area (Å²) in [5.74, 6) is 0.668. The zero-order valence-corrected chi connectivity index (χ0v) is 11.7. The molecule has 0 atom stereocenters. The van der Waals surface area contributed by atoms with Crippen molar-refractivity contribution in [3.8, 4) is 0 Å². The Bertz CT molecular complexity index is 519. The molecule has 0 spiro atoms. The van der Waals surface area contributed by atoms with Gasteiger partial charge in [-0.2, -0.15) is 0 Å². The lowest BCUT2D eigenvalue weighted by atomic mass is 10.1. The largest absolute Gasteiger partial charge is 0.383 e. The van der Waals surface area contributed by atoms with Gasteiger partial charge in [-0.15, -0.1) is 0 Å². The molecule has 1 heterocycles. The smallest absolute Gasteiger partial charge is 0.330 e. The minimum absolute atomic E-state index is 0.148. The highest BCUT2D eigenvalue weighted by molar-refractivity contribution is 5.60. The van der Waals surface area contributed by atoms with Gasteiger partial charge in [0.25, 0.3) is 5.56 Å². The van der Waals surface area contributed by atoms with Gasteiger partial charge >= 0.3 is 5.69 Å². The van der Waals surface area contributed by atoms with E-state index in [0.717, 1.165) is 6.42 Å². The first-order chi connectivity index (χ1) is 8.97. The Labute approximate surface area is 111 Å². The highest BCUT2D eigenvalue weighted by Gasteiger charge is 2.11. The number of H-pyrrole nitrogens is 1. The van der Waals surface area contributed by atoms with Gasteiger partial charge in [0.05, 0.1) is 13.2 Å². The second-order valence-electron chi connectivity index (χ2n) is 4.77. The Morgan fingerprint density at radius 3 is 2.68 bits per heavy atom. The van der Waals surface area contributed by atoms with Gasteiger partial charge in [-0.05, 0) is 12.3 Å². The van der Waals surface area contributed by atoms with Crippen molar-refractivity contribution in [3.05, 3.63) is 20.8 Å². The molecule has 0 unspecified atom stereocenters. The molecule has 4 N–H and O–H groups in total. The summed E-state index contributed by atoms with van der Waals surface area (Å²) in [4.78, 5) is 25.6. The van der Waals surface area contributed by atoms with Crippen molar-refractivity contribution >= 4 is 11.5 Å². The number of rotatable bonds is 7. The molecule has 0 bridgehead atoms. The zero-order chi connectivity index (χ0) is 14.4. The number of aromatic nitrogens is 2. The van der Waals surface area contributed by atoms with E-state index in [1.165, 1.54) is 11.7 Å². The van der Waals surface area contributed by atoms with Gasteiger partial charge in [0.2, 0.25) is 0 Å². The van der Waals surface area contributed by atoms with Crippen molar-refractivity contribution in [2.45, 2.75) is 26.8 Å². The number of nitrogen functional groups attached to an aromatic ring is 1. The zero-order valence-electron chi connectivity index (χ0n) is 11.7. The van der Waals surface area contributed by atoms with Crippen LogP contribution in [0.25, 0.3) is 0 Å². The number of anilines is 2. The first-order valence-corrected chi connectivity index (χ1v) is 6.32. The van der Waals surface area contributed by atoms with Crippen molar-refractivity contribution in [2.75, 3.05) is 31.3 Å². The van der Waals surface area contributed by atoms with E-state index in [0.29, 0.717) is 25.6 Å². The number of aromatic amines is 1. The van der Waals surface area contributed by atoms with E-state index in [4.69, 9.17) is 10.5 Å². The summed E-state index contributed by atoms with van der Waals surface area (Å²) in [6.45, 7) is 5.47. The summed E-state index contributed by atoms with van der Waals surface area (Å²) in [5, 5.41) is 2.99. The lowest BCUT2D eigenvalue weighted by Crippen LogP contribution is -2.35. The van der Waals surface area contributed by atoms with Crippen LogP contribution in [0.3, 0.4) is 0 Å². The van der Waals surface area contributed by atoms with E-state index in [1.807, 2.05) is 0 Å². The fourth-order valence-electron chi connectivity index (χ4n) is 1.65. The number of ether oxygens (including phenoxy) is 1. The van der Waals surface area contributed by atoms with Crippen LogP contribution in [0.4, 0.5) is 11.5 Å². The second kappa shape index (κ2) is 6.98. The second-order valence-corrected chi connectivity index (χ2v) is 4.77. The quantitative estimate of drug-likeness (QED) is 0.658. The Hall–Kier alpha value is -1.76. The number of methoxy groups -OCH3 is 1. The monoisotopic (exact) mass is 270 g/mol. The Morgan fingerprint density at radius 2 is 2.11 bits per heavy atom. The molecule has 0 aliphatic heterocycles. The maximum Gasteiger partial charge on any atom is 0.330 e. The standard InChI is InChI=1S/C12H22N4O3/c1-8(2)4-5-14-9-10(13)16(6-7-19-3)12(18)15-11(9)17/h8,14H,4-7,13H2,1-3H3,(H,15,17,18). The Balaban J connectivity index is 2.97. The average Bonchev–Trinajstić information content (AvgIpc) is 2.32. The summed E-state index contributed by atoms with van der Waals surface area (Å²) in [5.41, 5.74) is 5.11.